The number of hydrogen-bond acceptors (Lipinski definition) is 32. The molecule has 133 heavy (non-hydrogen) atoms. The quantitative estimate of drug-likeness (QED) is 0.0253. The predicted octanol–water partition coefficient (Wildman–Crippen LogP) is -5.40. The highest BCUT2D eigenvalue weighted by Crippen LogP contribution is 2.12. The standard InChI is InChI=1S/C79H130N14O40/c1-78(2,3)132-76(122)84-30-36-128-40-38-126-34-28-82-68(110)48(10-18-56(94)80-26-32-124-42-44-130-46-62(100)88-50(70(112)92-54(74(118)119)16-24-66(106)107)12-20-60(98)90-52(72(114)115)14-22-64(102)103)86-58(96)8-7-9-59(97)87-49(69(111)83-29-35-127-39-41-129-37-31-85-77(123)133-79(4,5)6)11-19-57(95)81-27-33-125-43-45-131-47-63(101)89-51(71(113)93-55(75(120)121)17-25-67(108)109)13-21-61(99)91-53(73(116)117)15-23-65(104)105/h48-55H,7-47H2,1-6H3,(H,80,94)(H,81,95)(H,82,110)(H,83,111)(H,84,122)(H,85,123)(H,86,96)(H,87,97)(H,88,100)(H,89,101)(H,90,98)(H,91,99)(H,92,112)(H,93,113)(H,102,103)(H,104,105)(H,106,107)(H,108,109)(H,114,115)(H,116,117)(H,118,119)(H,120,121). The molecule has 0 aromatic carbocycles. The molecule has 0 aromatic rings. The van der Waals surface area contributed by atoms with Crippen LogP contribution in [0.25, 0.3) is 0 Å². The van der Waals surface area contributed by atoms with E-state index in [1.807, 2.05) is 0 Å². The lowest BCUT2D eigenvalue weighted by Gasteiger charge is -2.21. The van der Waals surface area contributed by atoms with Crippen molar-refractivity contribution in [1.82, 2.24) is 74.4 Å². The van der Waals surface area contributed by atoms with Crippen LogP contribution in [-0.4, -0.2) is 376 Å². The Balaban J connectivity index is 6.08. The summed E-state index contributed by atoms with van der Waals surface area (Å²) < 4.78 is 53.8. The molecule has 0 bridgehead atoms. The molecule has 0 spiro atoms. The molecule has 0 heterocycles. The highest BCUT2D eigenvalue weighted by atomic mass is 16.6. The van der Waals surface area contributed by atoms with Gasteiger partial charge in [0.25, 0.3) is 0 Å². The molecular weight excluding hydrogens is 1780 g/mol. The molecule has 0 rings (SSSR count). The number of amides is 14. The number of rotatable bonds is 78. The fraction of sp³-hybridized carbons (Fsp3) is 0.722. The number of carboxylic acids is 8. The van der Waals surface area contributed by atoms with Crippen LogP contribution in [-0.2, 0) is 143 Å². The van der Waals surface area contributed by atoms with Gasteiger partial charge in [-0.05, 0) is 99.3 Å². The number of carbonyl (C=O) groups excluding carboxylic acids is 14. The summed E-state index contributed by atoms with van der Waals surface area (Å²) in [6.07, 6.45) is -10.6. The van der Waals surface area contributed by atoms with Crippen LogP contribution in [0, 0.1) is 0 Å². The average Bonchev–Trinajstić information content (AvgIpc) is 0.852. The van der Waals surface area contributed by atoms with Crippen molar-refractivity contribution in [3.05, 3.63) is 0 Å². The molecule has 0 fully saturated rings. The molecule has 0 radical (unpaired) electrons. The van der Waals surface area contributed by atoms with Gasteiger partial charge in [0.05, 0.1) is 92.5 Å². The van der Waals surface area contributed by atoms with Gasteiger partial charge in [-0.3, -0.25) is 76.7 Å². The van der Waals surface area contributed by atoms with E-state index >= 15 is 0 Å². The fourth-order valence-electron chi connectivity index (χ4n) is 10.7. The lowest BCUT2D eigenvalue weighted by molar-refractivity contribution is -0.144. The van der Waals surface area contributed by atoms with Crippen LogP contribution in [0.4, 0.5) is 9.59 Å². The molecule has 0 saturated carbocycles. The van der Waals surface area contributed by atoms with E-state index < -0.39 is 281 Å². The molecule has 8 unspecified atom stereocenters. The number of carbonyl (C=O) groups is 22. The number of ether oxygens (including phenoxy) is 10. The second kappa shape index (κ2) is 70.4. The first-order valence-corrected chi connectivity index (χ1v) is 42.5. The monoisotopic (exact) mass is 1910 g/mol. The highest BCUT2D eigenvalue weighted by molar-refractivity contribution is 5.94. The number of nitrogens with one attached hydrogen (secondary N) is 14. The summed E-state index contributed by atoms with van der Waals surface area (Å²) in [5.74, 6) is -22.3. The second-order valence-corrected chi connectivity index (χ2v) is 30.9. The van der Waals surface area contributed by atoms with Gasteiger partial charge in [-0.1, -0.05) is 0 Å². The summed E-state index contributed by atoms with van der Waals surface area (Å²) in [5, 5.41) is 107. The fourth-order valence-corrected chi connectivity index (χ4v) is 10.7. The Morgan fingerprint density at radius 3 is 0.692 bits per heavy atom. The first-order valence-electron chi connectivity index (χ1n) is 42.5. The van der Waals surface area contributed by atoms with Gasteiger partial charge < -0.3 is 163 Å². The molecule has 8 atom stereocenters. The number of hydrogen-bond donors (Lipinski definition) is 22. The predicted molar refractivity (Wildman–Crippen MR) is 451 cm³/mol. The Morgan fingerprint density at radius 2 is 0.429 bits per heavy atom. The van der Waals surface area contributed by atoms with Crippen molar-refractivity contribution in [2.75, 3.05) is 145 Å². The topological polar surface area (TPSA) is 798 Å². The Labute approximate surface area is 764 Å². The highest BCUT2D eigenvalue weighted by Gasteiger charge is 2.33. The molecule has 0 aliphatic rings. The number of aliphatic carboxylic acids is 8. The van der Waals surface area contributed by atoms with E-state index in [1.165, 1.54) is 0 Å². The van der Waals surface area contributed by atoms with E-state index in [0.29, 0.717) is 0 Å². The van der Waals surface area contributed by atoms with Gasteiger partial charge in [-0.15, -0.1) is 0 Å². The molecule has 14 amide bonds. The van der Waals surface area contributed by atoms with Gasteiger partial charge in [0.15, 0.2) is 0 Å². The molecule has 22 N–H and O–H groups in total. The second-order valence-electron chi connectivity index (χ2n) is 30.9. The molecule has 0 aliphatic carbocycles. The van der Waals surface area contributed by atoms with E-state index in [4.69, 9.17) is 67.8 Å². The normalized spacial score (nSPS) is 12.9. The van der Waals surface area contributed by atoms with E-state index in [2.05, 4.69) is 74.4 Å². The number of carboxylic acid groups (broad SMARTS) is 8. The van der Waals surface area contributed by atoms with E-state index in [9.17, 15) is 126 Å². The van der Waals surface area contributed by atoms with Gasteiger partial charge in [0, 0.05) is 103 Å². The Morgan fingerprint density at radius 1 is 0.218 bits per heavy atom. The van der Waals surface area contributed by atoms with Gasteiger partial charge in [0.1, 0.15) is 72.8 Å². The van der Waals surface area contributed by atoms with Crippen molar-refractivity contribution < 1.29 is 194 Å². The van der Waals surface area contributed by atoms with Crippen molar-refractivity contribution in [1.29, 1.82) is 0 Å². The van der Waals surface area contributed by atoms with Crippen LogP contribution in [0.15, 0.2) is 0 Å². The third kappa shape index (κ3) is 68.3. The molecule has 0 saturated heterocycles. The third-order valence-electron chi connectivity index (χ3n) is 17.2. The summed E-state index contributed by atoms with van der Waals surface area (Å²) in [5.41, 5.74) is -1.42. The average molecular weight is 1920 g/mol. The van der Waals surface area contributed by atoms with Gasteiger partial charge in [0.2, 0.25) is 70.9 Å². The van der Waals surface area contributed by atoms with Crippen molar-refractivity contribution in [3.8, 4) is 0 Å². The minimum atomic E-state index is -1.75. The van der Waals surface area contributed by atoms with E-state index in [-0.39, 0.29) is 177 Å². The smallest absolute Gasteiger partial charge is 0.407 e. The van der Waals surface area contributed by atoms with Gasteiger partial charge in [-0.25, -0.2) is 28.8 Å². The number of alkyl carbamates (subject to hydrolysis) is 2. The maximum Gasteiger partial charge on any atom is 0.407 e. The first kappa shape index (κ1) is 121. The van der Waals surface area contributed by atoms with Crippen molar-refractivity contribution in [2.24, 2.45) is 0 Å². The molecule has 54 heteroatoms. The summed E-state index contributed by atoms with van der Waals surface area (Å²) in [6, 6.07) is -12.8. The lowest BCUT2D eigenvalue weighted by atomic mass is 10.1. The van der Waals surface area contributed by atoms with Crippen molar-refractivity contribution in [3.63, 3.8) is 0 Å². The zero-order valence-electron chi connectivity index (χ0n) is 75.3. The zero-order chi connectivity index (χ0) is 100. The van der Waals surface area contributed by atoms with Gasteiger partial charge >= 0.3 is 59.9 Å². The minimum absolute atomic E-state index is 0.0389. The van der Waals surface area contributed by atoms with Crippen molar-refractivity contribution in [2.45, 2.75) is 223 Å². The van der Waals surface area contributed by atoms with Gasteiger partial charge in [-0.2, -0.15) is 0 Å². The summed E-state index contributed by atoms with van der Waals surface area (Å²) in [7, 11) is 0. The van der Waals surface area contributed by atoms with Crippen LogP contribution >= 0.6 is 0 Å². The molecule has 54 nitrogen and oxygen atoms in total. The zero-order valence-corrected chi connectivity index (χ0v) is 75.3. The van der Waals surface area contributed by atoms with E-state index in [0.717, 1.165) is 0 Å². The van der Waals surface area contributed by atoms with E-state index in [1.54, 1.807) is 41.5 Å². The van der Waals surface area contributed by atoms with Crippen LogP contribution in [0.1, 0.15) is 164 Å². The molecule has 0 aliphatic heterocycles. The summed E-state index contributed by atoms with van der Waals surface area (Å²) >= 11 is 0. The maximum absolute atomic E-state index is 13.6. The Bertz CT molecular complexity index is 3500. The largest absolute Gasteiger partial charge is 0.481 e. The Hall–Kier alpha value is -12.4. The van der Waals surface area contributed by atoms with Crippen LogP contribution in [0.5, 0.6) is 0 Å². The molecular formula is C79H130N14O40. The lowest BCUT2D eigenvalue weighted by Crippen LogP contribution is -2.52. The molecule has 0 aromatic heterocycles. The first-order chi connectivity index (χ1) is 62.7. The molecule has 756 valence electrons. The van der Waals surface area contributed by atoms with Crippen LogP contribution in [0.3, 0.4) is 0 Å². The van der Waals surface area contributed by atoms with Crippen LogP contribution in [0.2, 0.25) is 0 Å². The summed E-state index contributed by atoms with van der Waals surface area (Å²) in [6.45, 7) is 7.95. The Kier molecular flexibility index (Phi) is 63.8. The third-order valence-corrected chi connectivity index (χ3v) is 17.2. The minimum Gasteiger partial charge on any atom is -0.481 e. The summed E-state index contributed by atoms with van der Waals surface area (Å²) in [4.78, 5) is 273. The maximum atomic E-state index is 13.6. The van der Waals surface area contributed by atoms with Crippen molar-refractivity contribution >= 4 is 131 Å². The van der Waals surface area contributed by atoms with Crippen LogP contribution < -0.4 is 74.4 Å². The SMILES string of the molecule is CC(C)(C)OC(=O)NCCOCCOCCNC(=O)C(CCC(=O)NCCOCCOCC(=O)NC(CCC(=O)NC(CCC(=O)O)C(=O)O)C(=O)NC(CCC(=O)O)C(=O)O)NC(=O)CCCC(=O)NC(CCC(=O)NCCOCCOCC(=O)NC(CCC(=O)NC(CCC(=O)O)C(=O)O)C(=O)NC(CCC(=O)O)C(=O)O)C(=O)NCCOCCOCCNC(=O)OC(C)(C)C.